The van der Waals surface area contributed by atoms with Gasteiger partial charge in [-0.05, 0) is 37.8 Å². The lowest BCUT2D eigenvalue weighted by Crippen LogP contribution is -2.45. The van der Waals surface area contributed by atoms with Gasteiger partial charge in [-0.25, -0.2) is 0 Å². The molecule has 0 radical (unpaired) electrons. The predicted molar refractivity (Wildman–Crippen MR) is 70.1 cm³/mol. The van der Waals surface area contributed by atoms with Crippen molar-refractivity contribution in [2.75, 3.05) is 7.05 Å². The highest BCUT2D eigenvalue weighted by Gasteiger charge is 2.58. The van der Waals surface area contributed by atoms with Crippen LogP contribution in [0.5, 0.6) is 0 Å². The molecule has 0 spiro atoms. The molecule has 1 aromatic carbocycles. The standard InChI is InChI=1S/C16H19NO/c1-17-13-9-11-7-8-12(13)14(16(11)18)15(17)10-5-3-2-4-6-10/h2-6,11-15H,7-9H2,1H3/t11-,12+,13+,14+,15-/m1/s1. The number of carbonyl (C=O) groups excluding carboxylic acids is 1. The summed E-state index contributed by atoms with van der Waals surface area (Å²) in [7, 11) is 2.22. The molecule has 0 N–H and O–H groups in total. The molecule has 3 aliphatic carbocycles. The maximum Gasteiger partial charge on any atom is 0.141 e. The summed E-state index contributed by atoms with van der Waals surface area (Å²) >= 11 is 0. The van der Waals surface area contributed by atoms with Gasteiger partial charge in [0.15, 0.2) is 0 Å². The second-order valence-electron chi connectivity index (χ2n) is 6.19. The zero-order valence-electron chi connectivity index (χ0n) is 10.8. The molecular weight excluding hydrogens is 222 g/mol. The monoisotopic (exact) mass is 241 g/mol. The minimum absolute atomic E-state index is 0.273. The largest absolute Gasteiger partial charge is 0.299 e. The van der Waals surface area contributed by atoms with E-state index in [0.29, 0.717) is 29.7 Å². The van der Waals surface area contributed by atoms with Crippen LogP contribution >= 0.6 is 0 Å². The van der Waals surface area contributed by atoms with E-state index in [1.54, 1.807) is 0 Å². The lowest BCUT2D eigenvalue weighted by atomic mass is 9.62. The molecule has 0 unspecified atom stereocenters. The van der Waals surface area contributed by atoms with Gasteiger partial charge >= 0.3 is 0 Å². The molecule has 4 aliphatic rings. The Labute approximate surface area is 108 Å². The van der Waals surface area contributed by atoms with Gasteiger partial charge < -0.3 is 0 Å². The van der Waals surface area contributed by atoms with Crippen molar-refractivity contribution in [3.63, 3.8) is 0 Å². The smallest absolute Gasteiger partial charge is 0.141 e. The first-order valence-corrected chi connectivity index (χ1v) is 7.08. The number of hydrogen-bond acceptors (Lipinski definition) is 2. The van der Waals surface area contributed by atoms with Gasteiger partial charge in [-0.2, -0.15) is 0 Å². The maximum absolute atomic E-state index is 12.5. The summed E-state index contributed by atoms with van der Waals surface area (Å²) in [5, 5.41) is 0. The summed E-state index contributed by atoms with van der Waals surface area (Å²) < 4.78 is 0. The van der Waals surface area contributed by atoms with Gasteiger partial charge in [0.2, 0.25) is 0 Å². The molecule has 1 saturated heterocycles. The molecule has 3 saturated carbocycles. The molecule has 1 aliphatic heterocycles. The quantitative estimate of drug-likeness (QED) is 0.753. The second-order valence-corrected chi connectivity index (χ2v) is 6.19. The highest BCUT2D eigenvalue weighted by atomic mass is 16.1. The lowest BCUT2D eigenvalue weighted by molar-refractivity contribution is -0.134. The van der Waals surface area contributed by atoms with Crippen molar-refractivity contribution in [2.45, 2.75) is 31.3 Å². The van der Waals surface area contributed by atoms with Crippen LogP contribution in [-0.4, -0.2) is 23.8 Å². The first-order valence-electron chi connectivity index (χ1n) is 7.08. The summed E-state index contributed by atoms with van der Waals surface area (Å²) in [5.41, 5.74) is 1.33. The second kappa shape index (κ2) is 3.67. The van der Waals surface area contributed by atoms with Gasteiger partial charge in [0.25, 0.3) is 0 Å². The van der Waals surface area contributed by atoms with Crippen molar-refractivity contribution in [1.29, 1.82) is 0 Å². The Bertz CT molecular complexity index is 483. The van der Waals surface area contributed by atoms with E-state index < -0.39 is 0 Å². The Morgan fingerprint density at radius 2 is 1.94 bits per heavy atom. The number of Topliss-reactive ketones (excluding diaryl/α,β-unsaturated/α-hetero) is 1. The van der Waals surface area contributed by atoms with Crippen LogP contribution in [0.3, 0.4) is 0 Å². The number of ketones is 1. The zero-order chi connectivity index (χ0) is 12.3. The summed E-state index contributed by atoms with van der Waals surface area (Å²) in [6.07, 6.45) is 3.52. The number of benzene rings is 1. The van der Waals surface area contributed by atoms with Crippen LogP contribution in [0.15, 0.2) is 30.3 Å². The zero-order valence-corrected chi connectivity index (χ0v) is 10.8. The summed E-state index contributed by atoms with van der Waals surface area (Å²) in [6, 6.07) is 11.6. The summed E-state index contributed by atoms with van der Waals surface area (Å²) in [5.74, 6) is 1.81. The summed E-state index contributed by atoms with van der Waals surface area (Å²) in [6.45, 7) is 0. The molecule has 1 aromatic rings. The van der Waals surface area contributed by atoms with Crippen LogP contribution in [0.4, 0.5) is 0 Å². The van der Waals surface area contributed by atoms with Gasteiger partial charge in [-0.3, -0.25) is 9.69 Å². The topological polar surface area (TPSA) is 20.3 Å². The molecule has 4 bridgehead atoms. The Kier molecular flexibility index (Phi) is 2.19. The Morgan fingerprint density at radius 3 is 2.72 bits per heavy atom. The van der Waals surface area contributed by atoms with Crippen LogP contribution in [0, 0.1) is 17.8 Å². The van der Waals surface area contributed by atoms with E-state index in [9.17, 15) is 4.79 Å². The Balaban J connectivity index is 1.79. The van der Waals surface area contributed by atoms with Crippen LogP contribution in [0.1, 0.15) is 30.9 Å². The third-order valence-electron chi connectivity index (χ3n) is 5.50. The van der Waals surface area contributed by atoms with Gasteiger partial charge in [0.05, 0.1) is 0 Å². The molecule has 18 heavy (non-hydrogen) atoms. The fourth-order valence-electron chi connectivity index (χ4n) is 4.74. The molecule has 4 fully saturated rings. The van der Waals surface area contributed by atoms with Crippen LogP contribution in [0.25, 0.3) is 0 Å². The van der Waals surface area contributed by atoms with Crippen LogP contribution in [0.2, 0.25) is 0 Å². The van der Waals surface area contributed by atoms with Gasteiger partial charge in [0, 0.05) is 23.9 Å². The molecule has 0 amide bonds. The van der Waals surface area contributed by atoms with Crippen molar-refractivity contribution >= 4 is 5.78 Å². The normalized spacial score (nSPS) is 42.5. The molecule has 5 rings (SSSR count). The third-order valence-corrected chi connectivity index (χ3v) is 5.50. The highest BCUT2D eigenvalue weighted by molar-refractivity contribution is 5.87. The Morgan fingerprint density at radius 1 is 1.17 bits per heavy atom. The minimum Gasteiger partial charge on any atom is -0.299 e. The predicted octanol–water partition coefficient (Wildman–Crippen LogP) is 2.66. The molecule has 1 heterocycles. The molecule has 94 valence electrons. The van der Waals surface area contributed by atoms with E-state index in [0.717, 1.165) is 12.8 Å². The van der Waals surface area contributed by atoms with Gasteiger partial charge in [-0.1, -0.05) is 30.3 Å². The van der Waals surface area contributed by atoms with Crippen molar-refractivity contribution in [3.8, 4) is 0 Å². The van der Waals surface area contributed by atoms with Crippen molar-refractivity contribution in [3.05, 3.63) is 35.9 Å². The highest BCUT2D eigenvalue weighted by Crippen LogP contribution is 2.56. The molecular formula is C16H19NO. The average Bonchev–Trinajstić information content (AvgIpc) is 2.67. The van der Waals surface area contributed by atoms with Gasteiger partial charge in [-0.15, -0.1) is 0 Å². The number of likely N-dealkylation sites (tertiary alicyclic amines) is 1. The van der Waals surface area contributed by atoms with E-state index >= 15 is 0 Å². The van der Waals surface area contributed by atoms with E-state index in [-0.39, 0.29) is 5.92 Å². The molecule has 5 atom stereocenters. The van der Waals surface area contributed by atoms with E-state index in [1.165, 1.54) is 12.0 Å². The molecule has 2 heteroatoms. The van der Waals surface area contributed by atoms with Crippen molar-refractivity contribution < 1.29 is 4.79 Å². The maximum atomic E-state index is 12.5. The van der Waals surface area contributed by atoms with Gasteiger partial charge in [0.1, 0.15) is 5.78 Å². The summed E-state index contributed by atoms with van der Waals surface area (Å²) in [4.78, 5) is 15.0. The number of rotatable bonds is 1. The first-order chi connectivity index (χ1) is 8.77. The van der Waals surface area contributed by atoms with E-state index in [2.05, 4.69) is 42.3 Å². The fraction of sp³-hybridized carbons (Fsp3) is 0.562. The number of nitrogens with zero attached hydrogens (tertiary/aromatic N) is 1. The van der Waals surface area contributed by atoms with Crippen LogP contribution in [-0.2, 0) is 4.79 Å². The fourth-order valence-corrected chi connectivity index (χ4v) is 4.74. The van der Waals surface area contributed by atoms with E-state index in [1.807, 2.05) is 0 Å². The lowest BCUT2D eigenvalue weighted by Gasteiger charge is -2.40. The first kappa shape index (κ1) is 10.7. The average molecular weight is 241 g/mol. The minimum atomic E-state index is 0.273. The molecule has 2 nitrogen and oxygen atoms in total. The number of fused-ring (bicyclic) bond motifs is 1. The van der Waals surface area contributed by atoms with E-state index in [4.69, 9.17) is 0 Å². The van der Waals surface area contributed by atoms with Crippen molar-refractivity contribution in [1.82, 2.24) is 4.90 Å². The third kappa shape index (κ3) is 1.24. The Hall–Kier alpha value is -1.15. The van der Waals surface area contributed by atoms with Crippen LogP contribution < -0.4 is 0 Å². The SMILES string of the molecule is CN1[C@H](c2ccccc2)[C@H]2C(=O)[C@@H]3CC[C@H]2[C@@H]1C3. The number of hydrogen-bond donors (Lipinski definition) is 0. The molecule has 0 aromatic heterocycles. The van der Waals surface area contributed by atoms with Crippen molar-refractivity contribution in [2.24, 2.45) is 17.8 Å². The number of carbonyl (C=O) groups is 1.